The summed E-state index contributed by atoms with van der Waals surface area (Å²) < 4.78 is 13.0. The molecule has 3 nitrogen and oxygen atoms in total. The zero-order valence-electron chi connectivity index (χ0n) is 12.4. The normalized spacial score (nSPS) is 26.0. The number of likely N-dealkylation sites (tertiary alicyclic amines) is 1. The molecule has 2 fully saturated rings. The number of benzene rings is 1. The van der Waals surface area contributed by atoms with Crippen LogP contribution in [0, 0.1) is 11.7 Å². The third-order valence-corrected chi connectivity index (χ3v) is 4.69. The van der Waals surface area contributed by atoms with E-state index < -0.39 is 0 Å². The average Bonchev–Trinajstić information content (AvgIpc) is 2.98. The highest BCUT2D eigenvalue weighted by molar-refractivity contribution is 5.79. The van der Waals surface area contributed by atoms with Crippen molar-refractivity contribution in [3.8, 4) is 0 Å². The van der Waals surface area contributed by atoms with Gasteiger partial charge in [0.1, 0.15) is 5.82 Å². The molecule has 1 N–H and O–H groups in total. The highest BCUT2D eigenvalue weighted by Gasteiger charge is 2.33. The number of halogens is 1. The van der Waals surface area contributed by atoms with Gasteiger partial charge >= 0.3 is 0 Å². The predicted molar refractivity (Wildman–Crippen MR) is 80.4 cm³/mol. The van der Waals surface area contributed by atoms with Gasteiger partial charge in [-0.2, -0.15) is 0 Å². The van der Waals surface area contributed by atoms with Crippen molar-refractivity contribution in [3.63, 3.8) is 0 Å². The van der Waals surface area contributed by atoms with Gasteiger partial charge in [-0.15, -0.1) is 0 Å². The van der Waals surface area contributed by atoms with Gasteiger partial charge in [0.25, 0.3) is 0 Å². The zero-order chi connectivity index (χ0) is 14.7. The number of amides is 1. The second-order valence-corrected chi connectivity index (χ2v) is 6.20. The van der Waals surface area contributed by atoms with E-state index in [-0.39, 0.29) is 17.8 Å². The third-order valence-electron chi connectivity index (χ3n) is 4.69. The van der Waals surface area contributed by atoms with Gasteiger partial charge in [0.05, 0.1) is 5.92 Å². The molecule has 1 amide bonds. The van der Waals surface area contributed by atoms with Crippen LogP contribution in [0.15, 0.2) is 24.3 Å². The number of nitrogens with one attached hydrogen (secondary N) is 1. The second-order valence-electron chi connectivity index (χ2n) is 6.20. The summed E-state index contributed by atoms with van der Waals surface area (Å²) in [5, 5.41) is 3.32. The molecule has 0 radical (unpaired) electrons. The van der Waals surface area contributed by atoms with E-state index in [4.69, 9.17) is 0 Å². The standard InChI is InChI=1S/C17H23FN2O/c18-15-7-5-13(6-8-15)11-16-4-2-10-20(16)17(21)14-3-1-9-19-12-14/h5-8,14,16,19H,1-4,9-12H2/t14-,16?/m0/s1. The minimum atomic E-state index is -0.202. The van der Waals surface area contributed by atoms with Gasteiger partial charge in [0, 0.05) is 19.1 Å². The van der Waals surface area contributed by atoms with Gasteiger partial charge < -0.3 is 10.2 Å². The Labute approximate surface area is 125 Å². The number of rotatable bonds is 3. The molecule has 2 aliphatic rings. The lowest BCUT2D eigenvalue weighted by Gasteiger charge is -2.31. The number of carbonyl (C=O) groups is 1. The quantitative estimate of drug-likeness (QED) is 0.927. The van der Waals surface area contributed by atoms with Crippen molar-refractivity contribution >= 4 is 5.91 Å². The molecule has 0 spiro atoms. The molecule has 114 valence electrons. The van der Waals surface area contributed by atoms with Crippen molar-refractivity contribution in [2.24, 2.45) is 5.92 Å². The van der Waals surface area contributed by atoms with Crippen LogP contribution in [0.25, 0.3) is 0 Å². The molecule has 2 atom stereocenters. The van der Waals surface area contributed by atoms with Crippen molar-refractivity contribution in [2.75, 3.05) is 19.6 Å². The van der Waals surface area contributed by atoms with Crippen LogP contribution in [0.5, 0.6) is 0 Å². The van der Waals surface area contributed by atoms with Crippen LogP contribution in [0.1, 0.15) is 31.2 Å². The predicted octanol–water partition coefficient (Wildman–Crippen LogP) is 2.36. The summed E-state index contributed by atoms with van der Waals surface area (Å²) in [6.07, 6.45) is 5.08. The number of hydrogen-bond donors (Lipinski definition) is 1. The summed E-state index contributed by atoms with van der Waals surface area (Å²) in [7, 11) is 0. The van der Waals surface area contributed by atoms with Crippen molar-refractivity contribution in [1.82, 2.24) is 10.2 Å². The Morgan fingerprint density at radius 2 is 2.05 bits per heavy atom. The minimum absolute atomic E-state index is 0.146. The molecule has 0 aromatic heterocycles. The number of hydrogen-bond acceptors (Lipinski definition) is 2. The summed E-state index contributed by atoms with van der Waals surface area (Å²) in [5.41, 5.74) is 1.11. The first kappa shape index (κ1) is 14.5. The van der Waals surface area contributed by atoms with Gasteiger partial charge in [0.2, 0.25) is 5.91 Å². The minimum Gasteiger partial charge on any atom is -0.339 e. The van der Waals surface area contributed by atoms with Crippen LogP contribution in [-0.4, -0.2) is 36.5 Å². The SMILES string of the molecule is O=C([C@H]1CCCNC1)N1CCCC1Cc1ccc(F)cc1. The Hall–Kier alpha value is -1.42. The van der Waals surface area contributed by atoms with E-state index in [1.807, 2.05) is 12.1 Å². The molecule has 2 saturated heterocycles. The molecule has 1 unspecified atom stereocenters. The Bertz CT molecular complexity index is 482. The maximum atomic E-state index is 13.0. The Morgan fingerprint density at radius 1 is 1.24 bits per heavy atom. The molecule has 0 aliphatic carbocycles. The van der Waals surface area contributed by atoms with Crippen LogP contribution in [-0.2, 0) is 11.2 Å². The third kappa shape index (κ3) is 3.43. The monoisotopic (exact) mass is 290 g/mol. The van der Waals surface area contributed by atoms with Gasteiger partial charge in [0.15, 0.2) is 0 Å². The maximum Gasteiger partial charge on any atom is 0.227 e. The highest BCUT2D eigenvalue weighted by atomic mass is 19.1. The molecule has 1 aromatic rings. The summed E-state index contributed by atoms with van der Waals surface area (Å²) in [6, 6.07) is 6.95. The lowest BCUT2D eigenvalue weighted by atomic mass is 9.97. The summed E-state index contributed by atoms with van der Waals surface area (Å²) >= 11 is 0. The Kier molecular flexibility index (Phi) is 4.54. The van der Waals surface area contributed by atoms with E-state index in [9.17, 15) is 9.18 Å². The molecule has 4 heteroatoms. The van der Waals surface area contributed by atoms with Crippen LogP contribution in [0.4, 0.5) is 4.39 Å². The summed E-state index contributed by atoms with van der Waals surface area (Å²) in [6.45, 7) is 2.72. The molecular formula is C17H23FN2O. The topological polar surface area (TPSA) is 32.3 Å². The fraction of sp³-hybridized carbons (Fsp3) is 0.588. The van der Waals surface area contributed by atoms with Gasteiger partial charge in [-0.05, 0) is 56.3 Å². The first-order valence-electron chi connectivity index (χ1n) is 7.99. The lowest BCUT2D eigenvalue weighted by Crippen LogP contribution is -2.45. The Balaban J connectivity index is 1.64. The highest BCUT2D eigenvalue weighted by Crippen LogP contribution is 2.25. The largest absolute Gasteiger partial charge is 0.339 e. The molecule has 1 aromatic carbocycles. The van der Waals surface area contributed by atoms with Crippen molar-refractivity contribution in [2.45, 2.75) is 38.1 Å². The smallest absolute Gasteiger partial charge is 0.227 e. The molecule has 3 rings (SSSR count). The molecule has 0 saturated carbocycles. The van der Waals surface area contributed by atoms with Gasteiger partial charge in [-0.1, -0.05) is 12.1 Å². The number of nitrogens with zero attached hydrogens (tertiary/aromatic N) is 1. The zero-order valence-corrected chi connectivity index (χ0v) is 12.4. The van der Waals surface area contributed by atoms with Crippen LogP contribution < -0.4 is 5.32 Å². The fourth-order valence-corrected chi connectivity index (χ4v) is 3.53. The molecule has 2 heterocycles. The van der Waals surface area contributed by atoms with Crippen LogP contribution in [0.3, 0.4) is 0 Å². The first-order chi connectivity index (χ1) is 10.2. The lowest BCUT2D eigenvalue weighted by molar-refractivity contribution is -0.136. The van der Waals surface area contributed by atoms with Crippen molar-refractivity contribution in [3.05, 3.63) is 35.6 Å². The number of piperidine rings is 1. The van der Waals surface area contributed by atoms with Crippen molar-refractivity contribution in [1.29, 1.82) is 0 Å². The van der Waals surface area contributed by atoms with Crippen LogP contribution >= 0.6 is 0 Å². The number of carbonyl (C=O) groups excluding carboxylic acids is 1. The van der Waals surface area contributed by atoms with Gasteiger partial charge in [-0.3, -0.25) is 4.79 Å². The molecule has 2 aliphatic heterocycles. The van der Waals surface area contributed by atoms with E-state index >= 15 is 0 Å². The average molecular weight is 290 g/mol. The van der Waals surface area contributed by atoms with E-state index in [0.29, 0.717) is 5.91 Å². The van der Waals surface area contributed by atoms with Crippen molar-refractivity contribution < 1.29 is 9.18 Å². The molecule has 21 heavy (non-hydrogen) atoms. The summed E-state index contributed by atoms with van der Waals surface area (Å²) in [4.78, 5) is 14.8. The van der Waals surface area contributed by atoms with E-state index in [0.717, 1.165) is 57.3 Å². The van der Waals surface area contributed by atoms with E-state index in [2.05, 4.69) is 10.2 Å². The summed E-state index contributed by atoms with van der Waals surface area (Å²) in [5.74, 6) is 0.255. The van der Waals surface area contributed by atoms with E-state index in [1.165, 1.54) is 12.1 Å². The maximum absolute atomic E-state index is 13.0. The second kappa shape index (κ2) is 6.56. The first-order valence-corrected chi connectivity index (χ1v) is 7.99. The van der Waals surface area contributed by atoms with Crippen LogP contribution in [0.2, 0.25) is 0 Å². The fourth-order valence-electron chi connectivity index (χ4n) is 3.53. The Morgan fingerprint density at radius 3 is 2.76 bits per heavy atom. The molecule has 0 bridgehead atoms. The van der Waals surface area contributed by atoms with Gasteiger partial charge in [-0.25, -0.2) is 4.39 Å². The molecular weight excluding hydrogens is 267 g/mol. The van der Waals surface area contributed by atoms with E-state index in [1.54, 1.807) is 0 Å².